The fourth-order valence-electron chi connectivity index (χ4n) is 1.77. The Morgan fingerprint density at radius 3 is 3.20 bits per heavy atom. The minimum absolute atomic E-state index is 0.381. The number of aromatic nitrogens is 2. The molecule has 0 saturated carbocycles. The predicted molar refractivity (Wildman–Crippen MR) is 59.3 cm³/mol. The molecule has 1 atom stereocenters. The summed E-state index contributed by atoms with van der Waals surface area (Å²) in [4.78, 5) is 10.5. The molecular weight excluding hydrogens is 214 g/mol. The molecule has 0 bridgehead atoms. The van der Waals surface area contributed by atoms with Crippen LogP contribution in [0.15, 0.2) is 12.4 Å². The van der Waals surface area contributed by atoms with Gasteiger partial charge < -0.3 is 9.64 Å². The van der Waals surface area contributed by atoms with Crippen molar-refractivity contribution in [2.24, 2.45) is 0 Å². The highest BCUT2D eigenvalue weighted by Gasteiger charge is 2.22. The second-order valence-electron chi connectivity index (χ2n) is 3.53. The van der Waals surface area contributed by atoms with Gasteiger partial charge in [0.25, 0.3) is 0 Å². The van der Waals surface area contributed by atoms with E-state index >= 15 is 0 Å². The molecule has 2 heterocycles. The Morgan fingerprint density at radius 2 is 2.47 bits per heavy atom. The highest BCUT2D eigenvalue weighted by molar-refractivity contribution is 6.29. The lowest BCUT2D eigenvalue weighted by atomic mass is 10.2. The predicted octanol–water partition coefficient (Wildman–Crippen LogP) is 1.75. The second-order valence-corrected chi connectivity index (χ2v) is 3.92. The van der Waals surface area contributed by atoms with Crippen molar-refractivity contribution in [1.82, 2.24) is 9.97 Å². The zero-order valence-electron chi connectivity index (χ0n) is 8.69. The van der Waals surface area contributed by atoms with Crippen molar-refractivity contribution in [2.45, 2.75) is 19.4 Å². The van der Waals surface area contributed by atoms with E-state index in [0.29, 0.717) is 11.2 Å². The zero-order valence-corrected chi connectivity index (χ0v) is 9.44. The Balaban J connectivity index is 2.20. The lowest BCUT2D eigenvalue weighted by Gasteiger charge is -2.35. The molecule has 1 saturated heterocycles. The van der Waals surface area contributed by atoms with Crippen LogP contribution in [-0.4, -0.2) is 35.8 Å². The minimum Gasteiger partial charge on any atom is -0.377 e. The first-order valence-electron chi connectivity index (χ1n) is 5.13. The van der Waals surface area contributed by atoms with Crippen LogP contribution in [0.1, 0.15) is 13.3 Å². The van der Waals surface area contributed by atoms with Gasteiger partial charge in [-0.25, -0.2) is 4.98 Å². The molecule has 0 N–H and O–H groups in total. The summed E-state index contributed by atoms with van der Waals surface area (Å²) in [6.45, 7) is 4.49. The number of nitrogens with zero attached hydrogens (tertiary/aromatic N) is 3. The van der Waals surface area contributed by atoms with Gasteiger partial charge in [-0.15, -0.1) is 0 Å². The number of hydrogen-bond acceptors (Lipinski definition) is 4. The van der Waals surface area contributed by atoms with Crippen LogP contribution in [0.2, 0.25) is 5.15 Å². The summed E-state index contributed by atoms with van der Waals surface area (Å²) < 4.78 is 5.43. The summed E-state index contributed by atoms with van der Waals surface area (Å²) in [5.74, 6) is 0.845. The van der Waals surface area contributed by atoms with E-state index in [1.54, 1.807) is 12.4 Å². The van der Waals surface area contributed by atoms with Crippen molar-refractivity contribution >= 4 is 17.4 Å². The van der Waals surface area contributed by atoms with Crippen molar-refractivity contribution in [3.8, 4) is 0 Å². The van der Waals surface area contributed by atoms with Gasteiger partial charge in [0.15, 0.2) is 0 Å². The average Bonchev–Trinajstić information content (AvgIpc) is 2.29. The summed E-state index contributed by atoms with van der Waals surface area (Å²) in [5, 5.41) is 0.439. The van der Waals surface area contributed by atoms with Crippen LogP contribution >= 0.6 is 11.6 Å². The number of anilines is 1. The molecule has 82 valence electrons. The van der Waals surface area contributed by atoms with Crippen molar-refractivity contribution < 1.29 is 4.74 Å². The third-order valence-corrected chi connectivity index (χ3v) is 2.77. The largest absolute Gasteiger partial charge is 0.377 e. The van der Waals surface area contributed by atoms with E-state index in [-0.39, 0.29) is 0 Å². The monoisotopic (exact) mass is 227 g/mol. The highest BCUT2D eigenvalue weighted by Crippen LogP contribution is 2.19. The maximum absolute atomic E-state index is 5.82. The Labute approximate surface area is 94.2 Å². The SMILES string of the molecule is CCC1COCCN1c1cncc(Cl)n1. The first-order valence-corrected chi connectivity index (χ1v) is 5.51. The molecule has 0 aliphatic carbocycles. The lowest BCUT2D eigenvalue weighted by Crippen LogP contribution is -2.45. The molecule has 5 heteroatoms. The van der Waals surface area contributed by atoms with Crippen molar-refractivity contribution in [2.75, 3.05) is 24.7 Å². The summed E-state index contributed by atoms with van der Waals surface area (Å²) in [6.07, 6.45) is 4.33. The van der Waals surface area contributed by atoms with Crippen LogP contribution in [0.5, 0.6) is 0 Å². The maximum atomic E-state index is 5.82. The zero-order chi connectivity index (χ0) is 10.7. The fourth-order valence-corrected chi connectivity index (χ4v) is 1.91. The summed E-state index contributed by atoms with van der Waals surface area (Å²) in [5.41, 5.74) is 0. The van der Waals surface area contributed by atoms with E-state index in [1.807, 2.05) is 0 Å². The Morgan fingerprint density at radius 1 is 1.60 bits per heavy atom. The molecule has 1 unspecified atom stereocenters. The number of morpholine rings is 1. The van der Waals surface area contributed by atoms with Gasteiger partial charge in [-0.2, -0.15) is 0 Å². The molecule has 0 aromatic carbocycles. The number of rotatable bonds is 2. The fraction of sp³-hybridized carbons (Fsp3) is 0.600. The van der Waals surface area contributed by atoms with Crippen LogP contribution in [0.25, 0.3) is 0 Å². The quantitative estimate of drug-likeness (QED) is 0.772. The van der Waals surface area contributed by atoms with Crippen LogP contribution in [0.3, 0.4) is 0 Å². The van der Waals surface area contributed by atoms with Crippen LogP contribution in [0.4, 0.5) is 5.82 Å². The smallest absolute Gasteiger partial charge is 0.149 e. The van der Waals surface area contributed by atoms with Gasteiger partial charge in [0, 0.05) is 6.54 Å². The van der Waals surface area contributed by atoms with E-state index in [0.717, 1.165) is 32.0 Å². The number of hydrogen-bond donors (Lipinski definition) is 0. The third kappa shape index (κ3) is 2.38. The van der Waals surface area contributed by atoms with E-state index in [4.69, 9.17) is 16.3 Å². The highest BCUT2D eigenvalue weighted by atomic mass is 35.5. The lowest BCUT2D eigenvalue weighted by molar-refractivity contribution is 0.0925. The molecule has 0 amide bonds. The molecule has 4 nitrogen and oxygen atoms in total. The molecule has 0 spiro atoms. The van der Waals surface area contributed by atoms with Crippen molar-refractivity contribution in [3.63, 3.8) is 0 Å². The van der Waals surface area contributed by atoms with Gasteiger partial charge in [0.2, 0.25) is 0 Å². The molecule has 1 aliphatic rings. The van der Waals surface area contributed by atoms with Gasteiger partial charge in [-0.05, 0) is 6.42 Å². The van der Waals surface area contributed by atoms with Crippen LogP contribution in [-0.2, 0) is 4.74 Å². The topological polar surface area (TPSA) is 38.2 Å². The standard InChI is InChI=1S/C10H14ClN3O/c1-2-8-7-15-4-3-14(8)10-6-12-5-9(11)13-10/h5-6,8H,2-4,7H2,1H3. The van der Waals surface area contributed by atoms with E-state index in [2.05, 4.69) is 21.8 Å². The van der Waals surface area contributed by atoms with Gasteiger partial charge >= 0.3 is 0 Å². The first-order chi connectivity index (χ1) is 7.31. The van der Waals surface area contributed by atoms with Crippen LogP contribution in [0, 0.1) is 0 Å². The average molecular weight is 228 g/mol. The Hall–Kier alpha value is -0.870. The summed E-state index contributed by atoms with van der Waals surface area (Å²) >= 11 is 5.82. The maximum Gasteiger partial charge on any atom is 0.149 e. The van der Waals surface area contributed by atoms with Gasteiger partial charge in [-0.3, -0.25) is 4.98 Å². The van der Waals surface area contributed by atoms with Crippen molar-refractivity contribution in [1.29, 1.82) is 0 Å². The number of halogens is 1. The Kier molecular flexibility index (Phi) is 3.38. The summed E-state index contributed by atoms with van der Waals surface area (Å²) in [7, 11) is 0. The summed E-state index contributed by atoms with van der Waals surface area (Å²) in [6, 6.07) is 0.381. The molecular formula is C10H14ClN3O. The molecule has 1 fully saturated rings. The third-order valence-electron chi connectivity index (χ3n) is 2.59. The van der Waals surface area contributed by atoms with E-state index < -0.39 is 0 Å². The molecule has 0 radical (unpaired) electrons. The van der Waals surface area contributed by atoms with Gasteiger partial charge in [-0.1, -0.05) is 18.5 Å². The molecule has 15 heavy (non-hydrogen) atoms. The molecule has 1 aliphatic heterocycles. The Bertz CT molecular complexity index is 334. The molecule has 1 aromatic heterocycles. The van der Waals surface area contributed by atoms with Gasteiger partial charge in [0.1, 0.15) is 11.0 Å². The second kappa shape index (κ2) is 4.77. The van der Waals surface area contributed by atoms with E-state index in [1.165, 1.54) is 0 Å². The van der Waals surface area contributed by atoms with Crippen molar-refractivity contribution in [3.05, 3.63) is 17.5 Å². The normalized spacial score (nSPS) is 21.7. The molecule has 1 aromatic rings. The van der Waals surface area contributed by atoms with E-state index in [9.17, 15) is 0 Å². The van der Waals surface area contributed by atoms with Gasteiger partial charge in [0.05, 0.1) is 31.6 Å². The molecule has 2 rings (SSSR count). The number of ether oxygens (including phenoxy) is 1. The van der Waals surface area contributed by atoms with Crippen LogP contribution < -0.4 is 4.90 Å². The first kappa shape index (κ1) is 10.6. The minimum atomic E-state index is 0.381.